The molecule has 3 rings (SSSR count). The number of ether oxygens (including phenoxy) is 1. The summed E-state index contributed by atoms with van der Waals surface area (Å²) in [5, 5.41) is 0. The first kappa shape index (κ1) is 23.3. The molecule has 0 radical (unpaired) electrons. The van der Waals surface area contributed by atoms with Crippen LogP contribution in [0.3, 0.4) is 0 Å². The smallest absolute Gasteiger partial charge is 0.226 e. The van der Waals surface area contributed by atoms with Crippen LogP contribution in [0, 0.1) is 5.92 Å². The van der Waals surface area contributed by atoms with E-state index in [-0.39, 0.29) is 12.0 Å². The first-order chi connectivity index (χ1) is 15.1. The zero-order chi connectivity index (χ0) is 22.1. The van der Waals surface area contributed by atoms with Gasteiger partial charge < -0.3 is 14.5 Å². The second-order valence-corrected chi connectivity index (χ2v) is 8.68. The minimum atomic E-state index is 0.249. The Hall–Kier alpha value is -2.33. The van der Waals surface area contributed by atoms with Gasteiger partial charge in [-0.1, -0.05) is 56.3 Å². The van der Waals surface area contributed by atoms with E-state index in [1.807, 2.05) is 30.3 Å². The lowest BCUT2D eigenvalue weighted by molar-refractivity contribution is -0.135. The molecule has 0 aliphatic heterocycles. The molecule has 0 N–H and O–H groups in total. The molecule has 4 nitrogen and oxygen atoms in total. The number of hydrogen-bond acceptors (Lipinski definition) is 3. The number of carbonyl (C=O) groups is 1. The van der Waals surface area contributed by atoms with Crippen molar-refractivity contribution in [1.82, 2.24) is 9.80 Å². The number of nitrogens with zero attached hydrogens (tertiary/aromatic N) is 2. The monoisotopic (exact) mass is 422 g/mol. The van der Waals surface area contributed by atoms with Crippen molar-refractivity contribution in [3.05, 3.63) is 65.7 Å². The van der Waals surface area contributed by atoms with Gasteiger partial charge in [-0.15, -0.1) is 0 Å². The number of benzene rings is 2. The zero-order valence-electron chi connectivity index (χ0n) is 19.4. The maximum atomic E-state index is 13.0. The summed E-state index contributed by atoms with van der Waals surface area (Å²) in [6, 6.07) is 18.7. The van der Waals surface area contributed by atoms with Crippen LogP contribution in [-0.4, -0.2) is 41.4 Å². The molecule has 1 amide bonds. The maximum Gasteiger partial charge on any atom is 0.226 e. The average Bonchev–Trinajstić information content (AvgIpc) is 3.65. The molecule has 0 saturated heterocycles. The molecule has 1 unspecified atom stereocenters. The van der Waals surface area contributed by atoms with Gasteiger partial charge in [0, 0.05) is 18.5 Å². The van der Waals surface area contributed by atoms with Gasteiger partial charge in [0.05, 0.1) is 0 Å². The van der Waals surface area contributed by atoms with Crippen LogP contribution in [0.1, 0.15) is 57.6 Å². The van der Waals surface area contributed by atoms with Crippen LogP contribution in [0.15, 0.2) is 54.6 Å². The summed E-state index contributed by atoms with van der Waals surface area (Å²) in [6.45, 7) is 11.2. The lowest BCUT2D eigenvalue weighted by atomic mass is 10.1. The Balaban J connectivity index is 1.55. The van der Waals surface area contributed by atoms with Crippen LogP contribution in [-0.2, 0) is 17.9 Å². The number of amides is 1. The van der Waals surface area contributed by atoms with Crippen molar-refractivity contribution < 1.29 is 9.53 Å². The second-order valence-electron chi connectivity index (χ2n) is 8.68. The quantitative estimate of drug-likeness (QED) is 0.426. The highest BCUT2D eigenvalue weighted by Gasteiger charge is 2.35. The molecule has 0 aromatic heterocycles. The molecular weight excluding hydrogens is 384 g/mol. The summed E-state index contributed by atoms with van der Waals surface area (Å²) >= 11 is 0. The molecule has 2 aromatic carbocycles. The van der Waals surface area contributed by atoms with Crippen molar-refractivity contribution in [1.29, 1.82) is 0 Å². The molecule has 1 atom stereocenters. The van der Waals surface area contributed by atoms with Gasteiger partial charge in [0.15, 0.2) is 0 Å². The molecule has 1 saturated carbocycles. The minimum absolute atomic E-state index is 0.249. The Morgan fingerprint density at radius 1 is 1.00 bits per heavy atom. The highest BCUT2D eigenvalue weighted by atomic mass is 16.5. The number of carbonyl (C=O) groups excluding carboxylic acids is 1. The first-order valence-electron chi connectivity index (χ1n) is 11.9. The van der Waals surface area contributed by atoms with Crippen molar-refractivity contribution >= 4 is 5.91 Å². The first-order valence-corrected chi connectivity index (χ1v) is 11.9. The number of rotatable bonds is 13. The fraction of sp³-hybridized carbons (Fsp3) is 0.519. The third-order valence-corrected chi connectivity index (χ3v) is 6.26. The van der Waals surface area contributed by atoms with Crippen molar-refractivity contribution in [2.45, 2.75) is 65.6 Å². The van der Waals surface area contributed by atoms with Gasteiger partial charge in [-0.05, 0) is 75.5 Å². The Bertz CT molecular complexity index is 783. The average molecular weight is 423 g/mol. The molecule has 168 valence electrons. The second kappa shape index (κ2) is 11.9. The van der Waals surface area contributed by atoms with E-state index in [4.69, 9.17) is 4.74 Å². The fourth-order valence-electron chi connectivity index (χ4n) is 3.95. The Morgan fingerprint density at radius 2 is 1.68 bits per heavy atom. The zero-order valence-corrected chi connectivity index (χ0v) is 19.4. The van der Waals surface area contributed by atoms with Crippen LogP contribution >= 0.6 is 0 Å². The predicted octanol–water partition coefficient (Wildman–Crippen LogP) is 5.51. The van der Waals surface area contributed by atoms with E-state index in [2.05, 4.69) is 54.8 Å². The van der Waals surface area contributed by atoms with Gasteiger partial charge in [0.2, 0.25) is 5.91 Å². The van der Waals surface area contributed by atoms with Crippen molar-refractivity contribution in [2.24, 2.45) is 5.92 Å². The Morgan fingerprint density at radius 3 is 2.29 bits per heavy atom. The van der Waals surface area contributed by atoms with Crippen LogP contribution in [0.2, 0.25) is 0 Å². The standard InChI is InChI=1S/C27H38N2O2/c1-4-28(5-2)19-9-10-22(3)29(27(30)25-15-16-25)20-23-13-17-26(18-14-23)31-21-24-11-7-6-8-12-24/h6-8,11-14,17-18,22,25H,4-5,9-10,15-16,19-21H2,1-3H3. The van der Waals surface area contributed by atoms with Gasteiger partial charge in [-0.3, -0.25) is 4.79 Å². The van der Waals surface area contributed by atoms with Gasteiger partial charge in [-0.2, -0.15) is 0 Å². The van der Waals surface area contributed by atoms with E-state index >= 15 is 0 Å². The molecule has 31 heavy (non-hydrogen) atoms. The topological polar surface area (TPSA) is 32.8 Å². The van der Waals surface area contributed by atoms with E-state index in [1.165, 1.54) is 0 Å². The largest absolute Gasteiger partial charge is 0.489 e. The third-order valence-electron chi connectivity index (χ3n) is 6.26. The summed E-state index contributed by atoms with van der Waals surface area (Å²) in [5.41, 5.74) is 2.32. The molecule has 1 aliphatic carbocycles. The lowest BCUT2D eigenvalue weighted by Gasteiger charge is -2.30. The summed E-state index contributed by atoms with van der Waals surface area (Å²) in [4.78, 5) is 17.5. The molecule has 2 aromatic rings. The molecule has 1 fully saturated rings. The van der Waals surface area contributed by atoms with E-state index in [0.29, 0.717) is 19.1 Å². The Labute approximate surface area is 188 Å². The summed E-state index contributed by atoms with van der Waals surface area (Å²) in [7, 11) is 0. The van der Waals surface area contributed by atoms with Gasteiger partial charge in [0.1, 0.15) is 12.4 Å². The Kier molecular flexibility index (Phi) is 8.96. The van der Waals surface area contributed by atoms with Crippen LogP contribution < -0.4 is 4.74 Å². The van der Waals surface area contributed by atoms with Crippen LogP contribution in [0.5, 0.6) is 5.75 Å². The third kappa shape index (κ3) is 7.39. The minimum Gasteiger partial charge on any atom is -0.489 e. The highest BCUT2D eigenvalue weighted by molar-refractivity contribution is 5.81. The van der Waals surface area contributed by atoms with Crippen LogP contribution in [0.25, 0.3) is 0 Å². The maximum absolute atomic E-state index is 13.0. The summed E-state index contributed by atoms with van der Waals surface area (Å²) in [5.74, 6) is 1.44. The van der Waals surface area contributed by atoms with E-state index in [9.17, 15) is 4.79 Å². The molecule has 4 heteroatoms. The predicted molar refractivity (Wildman–Crippen MR) is 127 cm³/mol. The van der Waals surface area contributed by atoms with Gasteiger partial charge in [0.25, 0.3) is 0 Å². The lowest BCUT2D eigenvalue weighted by Crippen LogP contribution is -2.39. The van der Waals surface area contributed by atoms with E-state index in [1.54, 1.807) is 0 Å². The number of hydrogen-bond donors (Lipinski definition) is 0. The van der Waals surface area contributed by atoms with Gasteiger partial charge >= 0.3 is 0 Å². The van der Waals surface area contributed by atoms with Gasteiger partial charge in [-0.25, -0.2) is 0 Å². The molecule has 1 aliphatic rings. The normalized spacial score (nSPS) is 14.5. The summed E-state index contributed by atoms with van der Waals surface area (Å²) in [6.07, 6.45) is 4.28. The molecule has 0 bridgehead atoms. The SMILES string of the molecule is CCN(CC)CCCC(C)N(Cc1ccc(OCc2ccccc2)cc1)C(=O)C1CC1. The molecule has 0 spiro atoms. The molecule has 0 heterocycles. The fourth-order valence-corrected chi connectivity index (χ4v) is 3.95. The van der Waals surface area contributed by atoms with Crippen molar-refractivity contribution in [3.63, 3.8) is 0 Å². The summed E-state index contributed by atoms with van der Waals surface area (Å²) < 4.78 is 5.91. The van der Waals surface area contributed by atoms with Crippen LogP contribution in [0.4, 0.5) is 0 Å². The molecular formula is C27H38N2O2. The van der Waals surface area contributed by atoms with Crippen molar-refractivity contribution in [3.8, 4) is 5.75 Å². The van der Waals surface area contributed by atoms with Crippen molar-refractivity contribution in [2.75, 3.05) is 19.6 Å². The highest BCUT2D eigenvalue weighted by Crippen LogP contribution is 2.33. The van der Waals surface area contributed by atoms with E-state index in [0.717, 1.165) is 62.2 Å². The van der Waals surface area contributed by atoms with E-state index < -0.39 is 0 Å².